The number of aromatic nitrogens is 2. The molecular formula is C18H11B4ClN2O2S. The molecule has 0 amide bonds. The number of hydrogen-bond donors (Lipinski definition) is 0. The summed E-state index contributed by atoms with van der Waals surface area (Å²) in [4.78, 5) is 8.37. The fourth-order valence-corrected chi connectivity index (χ4v) is 4.14. The fourth-order valence-electron chi connectivity index (χ4n) is 2.96. The van der Waals surface area contributed by atoms with Gasteiger partial charge in [-0.05, 0) is 30.7 Å². The summed E-state index contributed by atoms with van der Waals surface area (Å²) >= 11 is 6.15. The summed E-state index contributed by atoms with van der Waals surface area (Å²) in [6.45, 7) is 1.86. The van der Waals surface area contributed by atoms with Gasteiger partial charge in [0, 0.05) is 35.5 Å². The van der Waals surface area contributed by atoms with Crippen LogP contribution in [0.15, 0.2) is 35.5 Å². The predicted octanol–water partition coefficient (Wildman–Crippen LogP) is -0.649. The maximum Gasteiger partial charge on any atom is 0.174 e. The van der Waals surface area contributed by atoms with Crippen molar-refractivity contribution in [2.45, 2.75) is 11.8 Å². The van der Waals surface area contributed by atoms with E-state index in [-0.39, 0.29) is 32.3 Å². The second kappa shape index (κ2) is 7.45. The first-order valence-corrected chi connectivity index (χ1v) is 10.3. The van der Waals surface area contributed by atoms with Gasteiger partial charge in [-0.15, -0.1) is 0 Å². The van der Waals surface area contributed by atoms with E-state index in [4.69, 9.17) is 43.0 Å². The van der Waals surface area contributed by atoms with Gasteiger partial charge in [0.15, 0.2) is 9.84 Å². The summed E-state index contributed by atoms with van der Waals surface area (Å²) < 4.78 is 24.2. The average molecular weight is 398 g/mol. The Balaban J connectivity index is 2.40. The Hall–Kier alpha value is -1.98. The molecule has 130 valence electrons. The highest BCUT2D eigenvalue weighted by Gasteiger charge is 2.22. The Morgan fingerprint density at radius 3 is 2.04 bits per heavy atom. The molecule has 2 heterocycles. The third kappa shape index (κ3) is 3.65. The number of halogens is 1. The molecule has 2 aromatic heterocycles. The van der Waals surface area contributed by atoms with Crippen LogP contribution in [0.5, 0.6) is 0 Å². The third-order valence-corrected chi connectivity index (χ3v) is 5.68. The number of pyridine rings is 2. The Kier molecular flexibility index (Phi) is 5.52. The molecule has 0 unspecified atom stereocenters. The van der Waals surface area contributed by atoms with Crippen molar-refractivity contribution in [3.05, 3.63) is 41.3 Å². The maximum absolute atomic E-state index is 12.1. The van der Waals surface area contributed by atoms with Gasteiger partial charge in [0.25, 0.3) is 0 Å². The molecule has 10 heteroatoms. The molecule has 28 heavy (non-hydrogen) atoms. The molecule has 0 N–H and O–H groups in total. The molecule has 0 aliphatic rings. The number of hydrogen-bond acceptors (Lipinski definition) is 4. The molecular weight excluding hydrogens is 387 g/mol. The van der Waals surface area contributed by atoms with Crippen molar-refractivity contribution in [2.75, 3.05) is 6.26 Å². The van der Waals surface area contributed by atoms with Crippen molar-refractivity contribution in [1.82, 2.24) is 9.97 Å². The molecule has 0 bridgehead atoms. The van der Waals surface area contributed by atoms with E-state index >= 15 is 0 Å². The first kappa shape index (κ1) is 20.7. The van der Waals surface area contributed by atoms with Crippen molar-refractivity contribution in [3.8, 4) is 22.4 Å². The molecule has 0 saturated carbocycles. The summed E-state index contributed by atoms with van der Waals surface area (Å²) in [5, 5.41) is 0.335. The fraction of sp³-hybridized carbons (Fsp3) is 0.111. The molecule has 0 aliphatic heterocycles. The van der Waals surface area contributed by atoms with Crippen LogP contribution in [-0.4, -0.2) is 56.0 Å². The van der Waals surface area contributed by atoms with Gasteiger partial charge in [0.2, 0.25) is 0 Å². The smallest absolute Gasteiger partial charge is 0.174 e. The molecule has 0 spiro atoms. The zero-order valence-electron chi connectivity index (χ0n) is 15.2. The summed E-state index contributed by atoms with van der Waals surface area (Å²) in [5.41, 5.74) is 2.40. The highest BCUT2D eigenvalue weighted by atomic mass is 35.5. The van der Waals surface area contributed by atoms with E-state index in [0.717, 1.165) is 11.9 Å². The molecule has 3 aromatic rings. The highest BCUT2D eigenvalue weighted by Crippen LogP contribution is 2.30. The van der Waals surface area contributed by atoms with Crippen LogP contribution >= 0.6 is 11.6 Å². The topological polar surface area (TPSA) is 59.9 Å². The molecule has 0 aliphatic carbocycles. The third-order valence-electron chi connectivity index (χ3n) is 4.29. The van der Waals surface area contributed by atoms with Crippen LogP contribution in [0.1, 0.15) is 5.69 Å². The summed E-state index contributed by atoms with van der Waals surface area (Å²) in [7, 11) is 20.7. The second-order valence-electron chi connectivity index (χ2n) is 6.37. The minimum Gasteiger partial charge on any atom is -0.261 e. The Morgan fingerprint density at radius 1 is 0.929 bits per heavy atom. The lowest BCUT2D eigenvalue weighted by molar-refractivity contribution is 0.603. The van der Waals surface area contributed by atoms with Gasteiger partial charge in [-0.1, -0.05) is 33.5 Å². The normalized spacial score (nSPS) is 11.5. The molecule has 4 nitrogen and oxygen atoms in total. The average Bonchev–Trinajstić information content (AvgIpc) is 2.60. The first-order chi connectivity index (χ1) is 13.0. The number of rotatable bonds is 3. The van der Waals surface area contributed by atoms with Gasteiger partial charge >= 0.3 is 0 Å². The van der Waals surface area contributed by atoms with Gasteiger partial charge in [0.05, 0.1) is 15.6 Å². The van der Waals surface area contributed by atoms with E-state index < -0.39 is 9.84 Å². The minimum absolute atomic E-state index is 0.0162. The Bertz CT molecular complexity index is 1170. The lowest BCUT2D eigenvalue weighted by Crippen LogP contribution is -2.47. The second-order valence-corrected chi connectivity index (χ2v) is 8.76. The summed E-state index contributed by atoms with van der Waals surface area (Å²) in [5.74, 6) is 0. The van der Waals surface area contributed by atoms with Crippen LogP contribution < -0.4 is 21.9 Å². The summed E-state index contributed by atoms with van der Waals surface area (Å²) in [6.07, 6.45) is 4.11. The van der Waals surface area contributed by atoms with Gasteiger partial charge in [-0.25, -0.2) is 8.42 Å². The van der Waals surface area contributed by atoms with Crippen molar-refractivity contribution >= 4 is 74.7 Å². The first-order valence-electron chi connectivity index (χ1n) is 8.07. The standard InChI is InChI=1S/C18H11B4ClN2O2S/c1-8-3-4-9(6-24-8)17-11(5-10(23)7-25-17)12-13(19)15(21)18(28(2,26)27)16(22)14(12)20/h3-7H,1-2H3. The number of benzene rings is 1. The largest absolute Gasteiger partial charge is 0.261 e. The number of aryl methyl sites for hydroxylation is 1. The van der Waals surface area contributed by atoms with Gasteiger partial charge in [-0.2, -0.15) is 0 Å². The van der Waals surface area contributed by atoms with Crippen LogP contribution in [-0.2, 0) is 9.84 Å². The van der Waals surface area contributed by atoms with Crippen LogP contribution in [0, 0.1) is 6.92 Å². The van der Waals surface area contributed by atoms with E-state index in [9.17, 15) is 8.42 Å². The molecule has 0 fully saturated rings. The summed E-state index contributed by atoms with van der Waals surface area (Å²) in [6, 6.07) is 5.29. The lowest BCUT2D eigenvalue weighted by atomic mass is 9.65. The highest BCUT2D eigenvalue weighted by molar-refractivity contribution is 7.91. The molecule has 3 rings (SSSR count). The van der Waals surface area contributed by atoms with Crippen molar-refractivity contribution in [2.24, 2.45) is 0 Å². The molecule has 0 atom stereocenters. The van der Waals surface area contributed by atoms with Crippen molar-refractivity contribution in [3.63, 3.8) is 0 Å². The van der Waals surface area contributed by atoms with Crippen LogP contribution in [0.2, 0.25) is 5.02 Å². The van der Waals surface area contributed by atoms with Crippen LogP contribution in [0.25, 0.3) is 22.4 Å². The zero-order chi connectivity index (χ0) is 20.8. The van der Waals surface area contributed by atoms with Crippen molar-refractivity contribution in [1.29, 1.82) is 0 Å². The van der Waals surface area contributed by atoms with E-state index in [2.05, 4.69) is 9.97 Å². The van der Waals surface area contributed by atoms with Crippen LogP contribution in [0.3, 0.4) is 0 Å². The van der Waals surface area contributed by atoms with Gasteiger partial charge < -0.3 is 0 Å². The maximum atomic E-state index is 12.1. The molecule has 1 aromatic carbocycles. The predicted molar refractivity (Wildman–Crippen MR) is 117 cm³/mol. The quantitative estimate of drug-likeness (QED) is 0.551. The van der Waals surface area contributed by atoms with E-state index in [1.54, 1.807) is 12.3 Å². The van der Waals surface area contributed by atoms with E-state index in [1.165, 1.54) is 6.20 Å². The molecule has 8 radical (unpaired) electrons. The minimum atomic E-state index is -3.75. The SMILES string of the molecule is [B]c1c([B])c(S(C)(=O)=O)c([B])c([B])c1-c1cc(Cl)cnc1-c1ccc(C)nc1. The monoisotopic (exact) mass is 398 g/mol. The lowest BCUT2D eigenvalue weighted by Gasteiger charge is -2.23. The zero-order valence-corrected chi connectivity index (χ0v) is 16.8. The van der Waals surface area contributed by atoms with Gasteiger partial charge in [-0.3, -0.25) is 9.97 Å². The van der Waals surface area contributed by atoms with Crippen molar-refractivity contribution < 1.29 is 8.42 Å². The molecule has 0 saturated heterocycles. The Morgan fingerprint density at radius 2 is 1.54 bits per heavy atom. The van der Waals surface area contributed by atoms with Crippen LogP contribution in [0.4, 0.5) is 0 Å². The Labute approximate surface area is 174 Å². The van der Waals surface area contributed by atoms with E-state index in [1.807, 2.05) is 19.1 Å². The van der Waals surface area contributed by atoms with E-state index in [0.29, 0.717) is 21.8 Å². The number of sulfone groups is 1. The van der Waals surface area contributed by atoms with Gasteiger partial charge in [0.1, 0.15) is 31.4 Å². The number of nitrogens with zero attached hydrogens (tertiary/aromatic N) is 2.